The second-order valence-corrected chi connectivity index (χ2v) is 4.73. The van der Waals surface area contributed by atoms with Crippen LogP contribution in [0.4, 0.5) is 8.78 Å². The number of benzene rings is 2. The first-order valence-corrected chi connectivity index (χ1v) is 6.19. The lowest BCUT2D eigenvalue weighted by Crippen LogP contribution is -2.23. The summed E-state index contributed by atoms with van der Waals surface area (Å²) in [4.78, 5) is 0. The average molecular weight is 313 g/mol. The molecule has 94 valence electrons. The number of hydrogen-bond donors (Lipinski definition) is 0. The van der Waals surface area contributed by atoms with E-state index in [1.54, 1.807) is 42.5 Å². The number of halogens is 3. The molecule has 0 aliphatic rings. The summed E-state index contributed by atoms with van der Waals surface area (Å²) < 4.78 is 33.5. The highest BCUT2D eigenvalue weighted by molar-refractivity contribution is 9.10. The van der Waals surface area contributed by atoms with Crippen LogP contribution in [0.3, 0.4) is 0 Å². The summed E-state index contributed by atoms with van der Waals surface area (Å²) in [6.07, 6.45) is 0. The highest BCUT2D eigenvalue weighted by atomic mass is 79.9. The predicted molar refractivity (Wildman–Crippen MR) is 70.0 cm³/mol. The van der Waals surface area contributed by atoms with Gasteiger partial charge in [-0.15, -0.1) is 0 Å². The van der Waals surface area contributed by atoms with Crippen LogP contribution >= 0.6 is 15.9 Å². The zero-order valence-electron chi connectivity index (χ0n) is 9.45. The second kappa shape index (κ2) is 5.48. The quantitative estimate of drug-likeness (QED) is 0.800. The van der Waals surface area contributed by atoms with Crippen molar-refractivity contribution >= 4 is 15.9 Å². The summed E-state index contributed by atoms with van der Waals surface area (Å²) in [5.74, 6) is -2.56. The first-order valence-electron chi connectivity index (χ1n) is 5.40. The Hall–Kier alpha value is -1.42. The molecule has 0 aromatic heterocycles. The van der Waals surface area contributed by atoms with Gasteiger partial charge in [0.1, 0.15) is 5.75 Å². The molecule has 0 bridgehead atoms. The fourth-order valence-corrected chi connectivity index (χ4v) is 1.73. The van der Waals surface area contributed by atoms with E-state index in [1.807, 2.05) is 0 Å². The minimum absolute atomic E-state index is 0.0540. The maximum atomic E-state index is 13.8. The van der Waals surface area contributed by atoms with Gasteiger partial charge in [-0.1, -0.05) is 46.3 Å². The summed E-state index contributed by atoms with van der Waals surface area (Å²) in [6.45, 7) is -0.668. The van der Waals surface area contributed by atoms with Gasteiger partial charge in [0, 0.05) is 10.0 Å². The molecular weight excluding hydrogens is 302 g/mol. The number of ether oxygens (including phenoxy) is 1. The van der Waals surface area contributed by atoms with Crippen LogP contribution < -0.4 is 4.74 Å². The molecule has 0 saturated heterocycles. The lowest BCUT2D eigenvalue weighted by atomic mass is 10.1. The van der Waals surface area contributed by atoms with E-state index in [9.17, 15) is 8.78 Å². The maximum absolute atomic E-state index is 13.8. The number of para-hydroxylation sites is 1. The highest BCUT2D eigenvalue weighted by Crippen LogP contribution is 2.29. The monoisotopic (exact) mass is 312 g/mol. The molecule has 0 fully saturated rings. The summed E-state index contributed by atoms with van der Waals surface area (Å²) in [5.41, 5.74) is -0.0540. The third kappa shape index (κ3) is 3.29. The fourth-order valence-electron chi connectivity index (χ4n) is 1.47. The fraction of sp³-hybridized carbons (Fsp3) is 0.143. The van der Waals surface area contributed by atoms with Crippen molar-refractivity contribution in [1.29, 1.82) is 0 Å². The summed E-state index contributed by atoms with van der Waals surface area (Å²) >= 11 is 3.21. The molecular formula is C14H11BrF2O. The Balaban J connectivity index is 2.05. The molecule has 2 aromatic rings. The zero-order chi connectivity index (χ0) is 13.0. The van der Waals surface area contributed by atoms with E-state index >= 15 is 0 Å². The van der Waals surface area contributed by atoms with E-state index in [1.165, 1.54) is 12.1 Å². The minimum Gasteiger partial charge on any atom is -0.487 e. The van der Waals surface area contributed by atoms with Crippen molar-refractivity contribution in [2.24, 2.45) is 0 Å². The first-order chi connectivity index (χ1) is 8.58. The normalized spacial score (nSPS) is 11.3. The van der Waals surface area contributed by atoms with Crippen molar-refractivity contribution in [2.75, 3.05) is 6.61 Å². The van der Waals surface area contributed by atoms with Crippen molar-refractivity contribution in [1.82, 2.24) is 0 Å². The first kappa shape index (κ1) is 13.0. The van der Waals surface area contributed by atoms with Gasteiger partial charge < -0.3 is 4.74 Å². The van der Waals surface area contributed by atoms with Crippen molar-refractivity contribution in [3.63, 3.8) is 0 Å². The van der Waals surface area contributed by atoms with Crippen LogP contribution in [-0.4, -0.2) is 6.61 Å². The lowest BCUT2D eigenvalue weighted by Gasteiger charge is -2.17. The third-order valence-corrected chi connectivity index (χ3v) is 2.96. The Morgan fingerprint density at radius 1 is 0.944 bits per heavy atom. The van der Waals surface area contributed by atoms with Crippen LogP contribution in [0, 0.1) is 0 Å². The predicted octanol–water partition coefficient (Wildman–Crippen LogP) is 4.62. The van der Waals surface area contributed by atoms with E-state index in [2.05, 4.69) is 15.9 Å². The van der Waals surface area contributed by atoms with Crippen molar-refractivity contribution in [3.05, 3.63) is 64.6 Å². The van der Waals surface area contributed by atoms with Crippen molar-refractivity contribution in [2.45, 2.75) is 5.92 Å². The zero-order valence-corrected chi connectivity index (χ0v) is 11.0. The molecule has 0 heterocycles. The Bertz CT molecular complexity index is 497. The summed E-state index contributed by atoms with van der Waals surface area (Å²) in [5, 5.41) is 0. The second-order valence-electron chi connectivity index (χ2n) is 3.81. The molecule has 18 heavy (non-hydrogen) atoms. The van der Waals surface area contributed by atoms with E-state index in [-0.39, 0.29) is 5.56 Å². The summed E-state index contributed by atoms with van der Waals surface area (Å²) in [6, 6.07) is 14.5. The van der Waals surface area contributed by atoms with Gasteiger partial charge in [0.15, 0.2) is 6.61 Å². The Labute approximate surface area is 113 Å². The van der Waals surface area contributed by atoms with Crippen LogP contribution in [0.5, 0.6) is 5.75 Å². The SMILES string of the molecule is FC(F)(COc1ccccc1)c1ccc(Br)cc1. The molecule has 0 amide bonds. The van der Waals surface area contributed by atoms with Gasteiger partial charge in [0.05, 0.1) is 0 Å². The smallest absolute Gasteiger partial charge is 0.306 e. The molecule has 0 spiro atoms. The Morgan fingerprint density at radius 2 is 1.56 bits per heavy atom. The van der Waals surface area contributed by atoms with Gasteiger partial charge in [-0.05, 0) is 24.3 Å². The topological polar surface area (TPSA) is 9.23 Å². The third-order valence-electron chi connectivity index (χ3n) is 2.43. The standard InChI is InChI=1S/C14H11BrF2O/c15-12-8-6-11(7-9-12)14(16,17)10-18-13-4-2-1-3-5-13/h1-9H,10H2. The minimum atomic E-state index is -3.00. The Morgan fingerprint density at radius 3 is 2.17 bits per heavy atom. The van der Waals surface area contributed by atoms with Crippen LogP contribution in [0.15, 0.2) is 59.1 Å². The maximum Gasteiger partial charge on any atom is 0.306 e. The molecule has 0 N–H and O–H groups in total. The van der Waals surface area contributed by atoms with Crippen LogP contribution in [-0.2, 0) is 5.92 Å². The molecule has 0 saturated carbocycles. The molecule has 4 heteroatoms. The molecule has 0 aliphatic heterocycles. The number of alkyl halides is 2. The van der Waals surface area contributed by atoms with Gasteiger partial charge in [0.2, 0.25) is 0 Å². The molecule has 0 aliphatic carbocycles. The lowest BCUT2D eigenvalue weighted by molar-refractivity contribution is -0.0467. The Kier molecular flexibility index (Phi) is 3.97. The highest BCUT2D eigenvalue weighted by Gasteiger charge is 2.32. The van der Waals surface area contributed by atoms with Crippen LogP contribution in [0.2, 0.25) is 0 Å². The summed E-state index contributed by atoms with van der Waals surface area (Å²) in [7, 11) is 0. The van der Waals surface area contributed by atoms with Gasteiger partial charge in [-0.2, -0.15) is 8.78 Å². The largest absolute Gasteiger partial charge is 0.487 e. The molecule has 0 atom stereocenters. The van der Waals surface area contributed by atoms with Gasteiger partial charge in [-0.3, -0.25) is 0 Å². The van der Waals surface area contributed by atoms with Crippen molar-refractivity contribution < 1.29 is 13.5 Å². The van der Waals surface area contributed by atoms with E-state index in [0.717, 1.165) is 4.47 Å². The number of rotatable bonds is 4. The number of hydrogen-bond acceptors (Lipinski definition) is 1. The van der Waals surface area contributed by atoms with Gasteiger partial charge >= 0.3 is 5.92 Å². The molecule has 0 radical (unpaired) electrons. The molecule has 0 unspecified atom stereocenters. The van der Waals surface area contributed by atoms with E-state index in [0.29, 0.717) is 5.75 Å². The molecule has 2 aromatic carbocycles. The average Bonchev–Trinajstić information content (AvgIpc) is 2.38. The van der Waals surface area contributed by atoms with Gasteiger partial charge in [-0.25, -0.2) is 0 Å². The molecule has 1 nitrogen and oxygen atoms in total. The van der Waals surface area contributed by atoms with Crippen LogP contribution in [0.25, 0.3) is 0 Å². The van der Waals surface area contributed by atoms with E-state index < -0.39 is 12.5 Å². The molecule has 2 rings (SSSR count). The van der Waals surface area contributed by atoms with Crippen LogP contribution in [0.1, 0.15) is 5.56 Å². The van der Waals surface area contributed by atoms with Gasteiger partial charge in [0.25, 0.3) is 0 Å². The van der Waals surface area contributed by atoms with E-state index in [4.69, 9.17) is 4.74 Å². The van der Waals surface area contributed by atoms with Crippen molar-refractivity contribution in [3.8, 4) is 5.75 Å².